The number of hydrogen-bond acceptors (Lipinski definition) is 2. The molecular weight excluding hydrogens is 316 g/mol. The van der Waals surface area contributed by atoms with Crippen LogP contribution < -0.4 is 5.73 Å². The number of aliphatic hydroxyl groups is 1. The van der Waals surface area contributed by atoms with Gasteiger partial charge in [-0.05, 0) is 12.5 Å². The predicted molar refractivity (Wildman–Crippen MR) is 62.2 cm³/mol. The maximum absolute atomic E-state index is 13.5. The molecule has 0 aliphatic heterocycles. The lowest BCUT2D eigenvalue weighted by molar-refractivity contribution is -0.140. The van der Waals surface area contributed by atoms with E-state index < -0.39 is 46.6 Å². The highest BCUT2D eigenvalue weighted by Gasteiger charge is 2.37. The first-order valence-corrected chi connectivity index (χ1v) is 5.19. The zero-order valence-corrected chi connectivity index (χ0v) is 10.8. The Morgan fingerprint density at radius 1 is 1.26 bits per heavy atom. The molecule has 1 atom stereocenters. The van der Waals surface area contributed by atoms with E-state index in [1.807, 2.05) is 0 Å². The topological polar surface area (TPSA) is 46.2 Å². The second-order valence-corrected chi connectivity index (χ2v) is 3.97. The third-order valence-electron chi connectivity index (χ3n) is 2.31. The number of halogens is 7. The molecule has 0 aromatic heterocycles. The zero-order valence-electron chi connectivity index (χ0n) is 9.27. The van der Waals surface area contributed by atoms with E-state index in [0.29, 0.717) is 0 Å². The Bertz CT molecular complexity index is 453. The fourth-order valence-electron chi connectivity index (χ4n) is 1.44. The molecule has 0 amide bonds. The van der Waals surface area contributed by atoms with Crippen molar-refractivity contribution in [2.45, 2.75) is 18.6 Å². The Hall–Kier alpha value is -0.630. The van der Waals surface area contributed by atoms with Gasteiger partial charge in [0.1, 0.15) is 0 Å². The number of alkyl halides is 3. The molecule has 3 N–H and O–H groups in total. The van der Waals surface area contributed by atoms with Gasteiger partial charge in [0.15, 0.2) is 11.6 Å². The quantitative estimate of drug-likeness (QED) is 0.660. The van der Waals surface area contributed by atoms with Crippen molar-refractivity contribution in [3.8, 4) is 0 Å². The lowest BCUT2D eigenvalue weighted by Gasteiger charge is -2.17. The van der Waals surface area contributed by atoms with E-state index in [1.165, 1.54) is 0 Å². The Morgan fingerprint density at radius 2 is 1.79 bits per heavy atom. The minimum atomic E-state index is -5.05. The summed E-state index contributed by atoms with van der Waals surface area (Å²) in [6.07, 6.45) is -5.20. The van der Waals surface area contributed by atoms with Crippen LogP contribution in [0.4, 0.5) is 22.0 Å². The number of nitrogens with two attached hydrogens (primary N) is 1. The van der Waals surface area contributed by atoms with Gasteiger partial charge in [0.05, 0.1) is 5.56 Å². The SMILES string of the molecule is Cl.NC(CCO)c1c(Cl)cc(C(F)(F)F)c(F)c1F. The van der Waals surface area contributed by atoms with Crippen molar-refractivity contribution in [3.63, 3.8) is 0 Å². The van der Waals surface area contributed by atoms with Crippen LogP contribution in [0.25, 0.3) is 0 Å². The van der Waals surface area contributed by atoms with Crippen LogP contribution in [0.15, 0.2) is 6.07 Å². The number of hydrogen-bond donors (Lipinski definition) is 2. The molecule has 19 heavy (non-hydrogen) atoms. The van der Waals surface area contributed by atoms with E-state index in [4.69, 9.17) is 22.4 Å². The average molecular weight is 326 g/mol. The molecule has 0 aliphatic carbocycles. The lowest BCUT2D eigenvalue weighted by atomic mass is 10.0. The summed E-state index contributed by atoms with van der Waals surface area (Å²) in [6.45, 7) is -0.431. The fourth-order valence-corrected chi connectivity index (χ4v) is 1.77. The third kappa shape index (κ3) is 3.92. The molecule has 1 aromatic carbocycles. The summed E-state index contributed by atoms with van der Waals surface area (Å²) in [4.78, 5) is 0. The summed E-state index contributed by atoms with van der Waals surface area (Å²) in [7, 11) is 0. The molecule has 0 saturated heterocycles. The molecule has 2 nitrogen and oxygen atoms in total. The minimum absolute atomic E-state index is 0. The van der Waals surface area contributed by atoms with Gasteiger partial charge in [-0.15, -0.1) is 12.4 Å². The predicted octanol–water partition coefficient (Wildman–Crippen LogP) is 3.44. The van der Waals surface area contributed by atoms with Gasteiger partial charge in [0, 0.05) is 23.2 Å². The van der Waals surface area contributed by atoms with Crippen molar-refractivity contribution in [1.82, 2.24) is 0 Å². The molecule has 110 valence electrons. The van der Waals surface area contributed by atoms with Crippen molar-refractivity contribution in [3.05, 3.63) is 33.9 Å². The monoisotopic (exact) mass is 325 g/mol. The molecule has 0 saturated carbocycles. The number of rotatable bonds is 3. The Balaban J connectivity index is 0.00000324. The van der Waals surface area contributed by atoms with Gasteiger partial charge in [-0.2, -0.15) is 13.2 Å². The minimum Gasteiger partial charge on any atom is -0.396 e. The van der Waals surface area contributed by atoms with E-state index in [2.05, 4.69) is 0 Å². The molecule has 1 aromatic rings. The number of aliphatic hydroxyl groups excluding tert-OH is 1. The van der Waals surface area contributed by atoms with Crippen LogP contribution in [-0.2, 0) is 6.18 Å². The summed E-state index contributed by atoms with van der Waals surface area (Å²) in [5.74, 6) is -3.79. The van der Waals surface area contributed by atoms with Crippen LogP contribution in [0.5, 0.6) is 0 Å². The van der Waals surface area contributed by atoms with Crippen molar-refractivity contribution in [2.75, 3.05) is 6.61 Å². The summed E-state index contributed by atoms with van der Waals surface area (Å²) in [5, 5.41) is 7.99. The molecule has 0 heterocycles. The fraction of sp³-hybridized carbons (Fsp3) is 0.400. The molecule has 0 aliphatic rings. The van der Waals surface area contributed by atoms with Crippen LogP contribution in [0.1, 0.15) is 23.6 Å². The molecule has 9 heteroatoms. The maximum Gasteiger partial charge on any atom is 0.419 e. The van der Waals surface area contributed by atoms with Crippen LogP contribution in [0.2, 0.25) is 5.02 Å². The van der Waals surface area contributed by atoms with E-state index >= 15 is 0 Å². The molecular formula is C10H10Cl2F5NO. The van der Waals surface area contributed by atoms with Gasteiger partial charge in [-0.25, -0.2) is 8.78 Å². The summed E-state index contributed by atoms with van der Waals surface area (Å²) in [6, 6.07) is -0.897. The van der Waals surface area contributed by atoms with Crippen molar-refractivity contribution < 1.29 is 27.1 Å². The van der Waals surface area contributed by atoms with Crippen LogP contribution in [-0.4, -0.2) is 11.7 Å². The van der Waals surface area contributed by atoms with Crippen molar-refractivity contribution >= 4 is 24.0 Å². The zero-order chi connectivity index (χ0) is 14.1. The van der Waals surface area contributed by atoms with Gasteiger partial charge in [0.25, 0.3) is 0 Å². The van der Waals surface area contributed by atoms with Gasteiger partial charge < -0.3 is 10.8 Å². The summed E-state index contributed by atoms with van der Waals surface area (Å²) < 4.78 is 63.8. The van der Waals surface area contributed by atoms with E-state index in [-0.39, 0.29) is 24.9 Å². The first kappa shape index (κ1) is 18.4. The largest absolute Gasteiger partial charge is 0.419 e. The molecule has 0 bridgehead atoms. The summed E-state index contributed by atoms with van der Waals surface area (Å²) in [5.41, 5.74) is 3.04. The van der Waals surface area contributed by atoms with Crippen LogP contribution in [0, 0.1) is 11.6 Å². The normalized spacial score (nSPS) is 13.1. The second kappa shape index (κ2) is 6.69. The van der Waals surface area contributed by atoms with Gasteiger partial charge in [-0.1, -0.05) is 11.6 Å². The van der Waals surface area contributed by atoms with E-state index in [1.54, 1.807) is 0 Å². The van der Waals surface area contributed by atoms with Crippen molar-refractivity contribution in [1.29, 1.82) is 0 Å². The lowest BCUT2D eigenvalue weighted by Crippen LogP contribution is -2.18. The first-order valence-electron chi connectivity index (χ1n) is 4.81. The summed E-state index contributed by atoms with van der Waals surface area (Å²) >= 11 is 5.48. The molecule has 0 fully saturated rings. The van der Waals surface area contributed by atoms with Crippen LogP contribution in [0.3, 0.4) is 0 Å². The number of benzene rings is 1. The molecule has 0 radical (unpaired) electrons. The van der Waals surface area contributed by atoms with Gasteiger partial charge >= 0.3 is 6.18 Å². The maximum atomic E-state index is 13.5. The smallest absolute Gasteiger partial charge is 0.396 e. The molecule has 1 rings (SSSR count). The van der Waals surface area contributed by atoms with Crippen molar-refractivity contribution in [2.24, 2.45) is 5.73 Å². The highest BCUT2D eigenvalue weighted by molar-refractivity contribution is 6.31. The van der Waals surface area contributed by atoms with E-state index in [0.717, 1.165) is 0 Å². The molecule has 1 unspecified atom stereocenters. The average Bonchev–Trinajstić information content (AvgIpc) is 2.22. The third-order valence-corrected chi connectivity index (χ3v) is 2.62. The Labute approximate surface area is 116 Å². The van der Waals surface area contributed by atoms with E-state index in [9.17, 15) is 22.0 Å². The van der Waals surface area contributed by atoms with Gasteiger partial charge in [0.2, 0.25) is 0 Å². The van der Waals surface area contributed by atoms with Crippen LogP contribution >= 0.6 is 24.0 Å². The first-order chi connectivity index (χ1) is 8.20. The highest BCUT2D eigenvalue weighted by atomic mass is 35.5. The highest BCUT2D eigenvalue weighted by Crippen LogP contribution is 2.38. The standard InChI is InChI=1S/C10H9ClF5NO.ClH/c11-5-3-4(10(14,15)16)8(12)9(13)7(5)6(17)1-2-18;/h3,6,18H,1-2,17H2;1H. The Kier molecular flexibility index (Phi) is 6.47. The molecule has 0 spiro atoms. The van der Waals surface area contributed by atoms with Gasteiger partial charge in [-0.3, -0.25) is 0 Å². The Morgan fingerprint density at radius 3 is 2.21 bits per heavy atom. The second-order valence-electron chi connectivity index (χ2n) is 3.56.